The van der Waals surface area contributed by atoms with Crippen molar-refractivity contribution in [2.24, 2.45) is 14.1 Å². The minimum atomic E-state index is -0.944. The first-order chi connectivity index (χ1) is 15.3. The zero-order valence-electron chi connectivity index (χ0n) is 18.2. The molecule has 0 radical (unpaired) electrons. The summed E-state index contributed by atoms with van der Waals surface area (Å²) in [6.07, 6.45) is 1.91. The van der Waals surface area contributed by atoms with Crippen LogP contribution in [0.3, 0.4) is 0 Å². The summed E-state index contributed by atoms with van der Waals surface area (Å²) in [6, 6.07) is 5.36. The number of morpholine rings is 1. The van der Waals surface area contributed by atoms with Crippen molar-refractivity contribution in [3.05, 3.63) is 64.7 Å². The molecule has 3 heterocycles. The number of carbonyl (C=O) groups excluding carboxylic acids is 1. The first kappa shape index (κ1) is 21.9. The smallest absolute Gasteiger partial charge is 0.257 e. The Balaban J connectivity index is 1.38. The summed E-state index contributed by atoms with van der Waals surface area (Å²) in [4.78, 5) is 14.7. The van der Waals surface area contributed by atoms with E-state index in [0.29, 0.717) is 37.4 Å². The van der Waals surface area contributed by atoms with E-state index >= 15 is 0 Å². The lowest BCUT2D eigenvalue weighted by Crippen LogP contribution is -2.42. The summed E-state index contributed by atoms with van der Waals surface area (Å²) in [5.74, 6) is -1.66. The zero-order valence-corrected chi connectivity index (χ0v) is 18.2. The van der Waals surface area contributed by atoms with Crippen LogP contribution < -0.4 is 4.74 Å². The molecule has 8 nitrogen and oxygen atoms in total. The third kappa shape index (κ3) is 4.64. The molecule has 1 aliphatic heterocycles. The van der Waals surface area contributed by atoms with Crippen LogP contribution in [0.5, 0.6) is 5.75 Å². The van der Waals surface area contributed by atoms with E-state index in [-0.39, 0.29) is 24.4 Å². The van der Waals surface area contributed by atoms with Gasteiger partial charge in [-0.25, -0.2) is 8.78 Å². The van der Waals surface area contributed by atoms with Crippen LogP contribution in [0, 0.1) is 18.6 Å². The molecule has 0 saturated carbocycles. The Morgan fingerprint density at radius 2 is 2.03 bits per heavy atom. The van der Waals surface area contributed by atoms with Gasteiger partial charge in [0.2, 0.25) is 0 Å². The first-order valence-corrected chi connectivity index (χ1v) is 10.3. The Morgan fingerprint density at radius 3 is 2.75 bits per heavy atom. The molecule has 170 valence electrons. The molecule has 4 rings (SSSR count). The largest absolute Gasteiger partial charge is 0.493 e. The van der Waals surface area contributed by atoms with Gasteiger partial charge >= 0.3 is 0 Å². The summed E-state index contributed by atoms with van der Waals surface area (Å²) >= 11 is 0. The maximum absolute atomic E-state index is 13.3. The molecule has 3 aromatic rings. The van der Waals surface area contributed by atoms with E-state index in [1.54, 1.807) is 27.5 Å². The van der Waals surface area contributed by atoms with Crippen LogP contribution in [0.4, 0.5) is 8.78 Å². The van der Waals surface area contributed by atoms with Crippen molar-refractivity contribution in [1.29, 1.82) is 0 Å². The van der Waals surface area contributed by atoms with E-state index in [1.165, 1.54) is 6.07 Å². The van der Waals surface area contributed by atoms with Crippen molar-refractivity contribution < 1.29 is 23.0 Å². The van der Waals surface area contributed by atoms with Gasteiger partial charge in [-0.1, -0.05) is 0 Å². The number of ether oxygens (including phenoxy) is 2. The standard InChI is InChI=1S/C22H25F2N5O3/c1-14-17(12-27(2)25-14)22(30)29-7-9-32-21(13-29)20-10-15(28(3)26-20)6-8-31-16-4-5-18(23)19(24)11-16/h4-5,10-12,21H,6-9,13H2,1-3H3. The van der Waals surface area contributed by atoms with Gasteiger partial charge in [-0.05, 0) is 25.1 Å². The molecule has 0 aliphatic carbocycles. The average Bonchev–Trinajstić information content (AvgIpc) is 3.31. The number of hydrogen-bond acceptors (Lipinski definition) is 5. The number of aromatic nitrogens is 4. The lowest BCUT2D eigenvalue weighted by atomic mass is 10.1. The van der Waals surface area contributed by atoms with E-state index < -0.39 is 11.6 Å². The first-order valence-electron chi connectivity index (χ1n) is 10.3. The number of hydrogen-bond donors (Lipinski definition) is 0. The molecular weight excluding hydrogens is 420 g/mol. The van der Waals surface area contributed by atoms with Crippen molar-refractivity contribution in [2.45, 2.75) is 19.4 Å². The molecule has 0 spiro atoms. The minimum absolute atomic E-state index is 0.0695. The highest BCUT2D eigenvalue weighted by Crippen LogP contribution is 2.24. The van der Waals surface area contributed by atoms with Crippen molar-refractivity contribution in [3.63, 3.8) is 0 Å². The zero-order chi connectivity index (χ0) is 22.8. The molecular formula is C22H25F2N5O3. The fourth-order valence-electron chi connectivity index (χ4n) is 3.75. The number of aryl methyl sites for hydroxylation is 3. The number of nitrogens with zero attached hydrogens (tertiary/aromatic N) is 5. The van der Waals surface area contributed by atoms with Gasteiger partial charge in [-0.3, -0.25) is 14.2 Å². The van der Waals surface area contributed by atoms with E-state index in [1.807, 2.05) is 20.0 Å². The van der Waals surface area contributed by atoms with Crippen LogP contribution in [0.15, 0.2) is 30.5 Å². The van der Waals surface area contributed by atoms with Gasteiger partial charge in [-0.15, -0.1) is 0 Å². The van der Waals surface area contributed by atoms with Crippen LogP contribution >= 0.6 is 0 Å². The third-order valence-electron chi connectivity index (χ3n) is 5.44. The Bertz CT molecular complexity index is 1130. The molecule has 2 aromatic heterocycles. The normalized spacial score (nSPS) is 16.4. The quantitative estimate of drug-likeness (QED) is 0.583. The van der Waals surface area contributed by atoms with Gasteiger partial charge in [-0.2, -0.15) is 10.2 Å². The highest BCUT2D eigenvalue weighted by Gasteiger charge is 2.29. The third-order valence-corrected chi connectivity index (χ3v) is 5.44. The number of benzene rings is 1. The summed E-state index contributed by atoms with van der Waals surface area (Å²) in [7, 11) is 3.61. The molecule has 1 atom stereocenters. The summed E-state index contributed by atoms with van der Waals surface area (Å²) < 4.78 is 41.1. The predicted molar refractivity (Wildman–Crippen MR) is 111 cm³/mol. The maximum atomic E-state index is 13.3. The molecule has 1 aromatic carbocycles. The fraction of sp³-hybridized carbons (Fsp3) is 0.409. The van der Waals surface area contributed by atoms with Crippen molar-refractivity contribution >= 4 is 5.91 Å². The van der Waals surface area contributed by atoms with Gasteiger partial charge in [0.25, 0.3) is 5.91 Å². The second kappa shape index (κ2) is 9.07. The highest BCUT2D eigenvalue weighted by molar-refractivity contribution is 5.95. The van der Waals surface area contributed by atoms with Crippen molar-refractivity contribution in [3.8, 4) is 5.75 Å². The monoisotopic (exact) mass is 445 g/mol. The molecule has 1 unspecified atom stereocenters. The van der Waals surface area contributed by atoms with Gasteiger partial charge in [0.15, 0.2) is 11.6 Å². The molecule has 1 amide bonds. The van der Waals surface area contributed by atoms with Crippen LogP contribution in [0.2, 0.25) is 0 Å². The Morgan fingerprint density at radius 1 is 1.22 bits per heavy atom. The Labute approximate surface area is 184 Å². The van der Waals surface area contributed by atoms with Crippen LogP contribution in [0.25, 0.3) is 0 Å². The SMILES string of the molecule is Cc1nn(C)cc1C(=O)N1CCOC(c2cc(CCOc3ccc(F)c(F)c3)n(C)n2)C1. The number of halogens is 2. The van der Waals surface area contributed by atoms with Crippen molar-refractivity contribution in [2.75, 3.05) is 26.3 Å². The van der Waals surface area contributed by atoms with Gasteiger partial charge in [0.05, 0.1) is 36.7 Å². The Kier molecular flexibility index (Phi) is 6.22. The van der Waals surface area contributed by atoms with Crippen LogP contribution in [-0.2, 0) is 25.3 Å². The highest BCUT2D eigenvalue weighted by atomic mass is 19.2. The number of carbonyl (C=O) groups is 1. The second-order valence-electron chi connectivity index (χ2n) is 7.77. The molecule has 1 aliphatic rings. The van der Waals surface area contributed by atoms with Gasteiger partial charge in [0, 0.05) is 45.0 Å². The predicted octanol–water partition coefficient (Wildman–Crippen LogP) is 2.58. The van der Waals surface area contributed by atoms with E-state index in [2.05, 4.69) is 10.2 Å². The average molecular weight is 445 g/mol. The topological polar surface area (TPSA) is 74.4 Å². The van der Waals surface area contributed by atoms with E-state index in [9.17, 15) is 13.6 Å². The van der Waals surface area contributed by atoms with Crippen LogP contribution in [0.1, 0.15) is 33.5 Å². The molecule has 32 heavy (non-hydrogen) atoms. The Hall–Kier alpha value is -3.27. The number of rotatable bonds is 6. The number of amides is 1. The lowest BCUT2D eigenvalue weighted by molar-refractivity contribution is -0.0249. The van der Waals surface area contributed by atoms with Crippen molar-refractivity contribution in [1.82, 2.24) is 24.5 Å². The maximum Gasteiger partial charge on any atom is 0.257 e. The lowest BCUT2D eigenvalue weighted by Gasteiger charge is -2.32. The van der Waals surface area contributed by atoms with Crippen LogP contribution in [-0.4, -0.2) is 56.7 Å². The van der Waals surface area contributed by atoms with E-state index in [0.717, 1.165) is 23.5 Å². The molecule has 1 fully saturated rings. The molecule has 0 bridgehead atoms. The van der Waals surface area contributed by atoms with E-state index in [4.69, 9.17) is 9.47 Å². The minimum Gasteiger partial charge on any atom is -0.493 e. The molecule has 10 heteroatoms. The van der Waals surface area contributed by atoms with Gasteiger partial charge in [0.1, 0.15) is 11.9 Å². The molecule has 1 saturated heterocycles. The summed E-state index contributed by atoms with van der Waals surface area (Å²) in [5, 5.41) is 8.80. The summed E-state index contributed by atoms with van der Waals surface area (Å²) in [5.41, 5.74) is 2.92. The fourth-order valence-corrected chi connectivity index (χ4v) is 3.75. The second-order valence-corrected chi connectivity index (χ2v) is 7.77. The molecule has 0 N–H and O–H groups in total. The summed E-state index contributed by atoms with van der Waals surface area (Å²) in [6.45, 7) is 3.42. The van der Waals surface area contributed by atoms with Gasteiger partial charge < -0.3 is 14.4 Å².